The van der Waals surface area contributed by atoms with Crippen LogP contribution in [0.3, 0.4) is 0 Å². The lowest BCUT2D eigenvalue weighted by Crippen LogP contribution is -2.27. The van der Waals surface area contributed by atoms with Crippen LogP contribution in [0.15, 0.2) is 36.5 Å². The zero-order chi connectivity index (χ0) is 25.3. The van der Waals surface area contributed by atoms with Gasteiger partial charge in [0.1, 0.15) is 22.5 Å². The van der Waals surface area contributed by atoms with Crippen molar-refractivity contribution in [2.75, 3.05) is 38.8 Å². The second-order valence-electron chi connectivity index (χ2n) is 8.05. The Morgan fingerprint density at radius 3 is 2.49 bits per heavy atom. The summed E-state index contributed by atoms with van der Waals surface area (Å²) in [6.07, 6.45) is -3.25. The summed E-state index contributed by atoms with van der Waals surface area (Å²) >= 11 is 0. The fourth-order valence-corrected chi connectivity index (χ4v) is 4.09. The van der Waals surface area contributed by atoms with E-state index in [0.29, 0.717) is 41.4 Å². The monoisotopic (exact) mass is 488 g/mol. The normalized spacial score (nSPS) is 11.9. The number of benzene rings is 1. The minimum absolute atomic E-state index is 0.433. The largest absolute Gasteiger partial charge is 0.496 e. The first-order valence-electron chi connectivity index (χ1n) is 11.1. The van der Waals surface area contributed by atoms with Gasteiger partial charge in [0, 0.05) is 50.8 Å². The molecule has 11 heteroatoms. The first-order chi connectivity index (χ1) is 16.7. The van der Waals surface area contributed by atoms with Crippen LogP contribution in [0.2, 0.25) is 0 Å². The summed E-state index contributed by atoms with van der Waals surface area (Å²) in [7, 11) is 5.04. The van der Waals surface area contributed by atoms with Gasteiger partial charge in [-0.25, -0.2) is 9.67 Å². The Labute approximate surface area is 200 Å². The molecule has 0 saturated heterocycles. The maximum absolute atomic E-state index is 13.0. The van der Waals surface area contributed by atoms with Crippen LogP contribution in [-0.2, 0) is 18.0 Å². The molecule has 4 rings (SSSR count). The average Bonchev–Trinajstić information content (AvgIpc) is 3.44. The van der Waals surface area contributed by atoms with Gasteiger partial charge in [0.15, 0.2) is 5.69 Å². The summed E-state index contributed by atoms with van der Waals surface area (Å²) in [4.78, 5) is 6.99. The van der Waals surface area contributed by atoms with Crippen molar-refractivity contribution < 1.29 is 22.6 Å². The number of ether oxygens (including phenoxy) is 2. The van der Waals surface area contributed by atoms with Crippen LogP contribution >= 0.6 is 0 Å². The van der Waals surface area contributed by atoms with Gasteiger partial charge in [0.05, 0.1) is 25.1 Å². The number of likely N-dealkylation sites (N-methyl/N-ethyl adjacent to an activating group) is 1. The minimum atomic E-state index is -4.51. The molecule has 0 amide bonds. The van der Waals surface area contributed by atoms with E-state index in [-0.39, 0.29) is 0 Å². The molecule has 0 unspecified atom stereocenters. The van der Waals surface area contributed by atoms with Crippen molar-refractivity contribution in [3.63, 3.8) is 0 Å². The van der Waals surface area contributed by atoms with E-state index < -0.39 is 11.9 Å². The second kappa shape index (κ2) is 9.57. The molecule has 8 nitrogen and oxygen atoms in total. The molecule has 0 atom stereocenters. The maximum Gasteiger partial charge on any atom is 0.435 e. The van der Waals surface area contributed by atoms with Gasteiger partial charge in [0.25, 0.3) is 0 Å². The molecule has 35 heavy (non-hydrogen) atoms. The van der Waals surface area contributed by atoms with E-state index in [1.54, 1.807) is 30.0 Å². The molecule has 3 aromatic heterocycles. The lowest BCUT2D eigenvalue weighted by atomic mass is 10.1. The fraction of sp³-hybridized carbons (Fsp3) is 0.375. The molecule has 0 aliphatic rings. The summed E-state index contributed by atoms with van der Waals surface area (Å²) in [5.74, 6) is 0.447. The van der Waals surface area contributed by atoms with Crippen molar-refractivity contribution >= 4 is 16.7 Å². The number of fused-ring (bicyclic) bond motifs is 1. The van der Waals surface area contributed by atoms with E-state index in [4.69, 9.17) is 19.6 Å². The van der Waals surface area contributed by atoms with Gasteiger partial charge < -0.3 is 14.4 Å². The number of alkyl halides is 3. The highest BCUT2D eigenvalue weighted by atomic mass is 19.4. The zero-order valence-electron chi connectivity index (χ0n) is 20.2. The van der Waals surface area contributed by atoms with Gasteiger partial charge >= 0.3 is 6.18 Å². The van der Waals surface area contributed by atoms with Gasteiger partial charge in [-0.2, -0.15) is 23.4 Å². The maximum atomic E-state index is 13.0. The van der Waals surface area contributed by atoms with Crippen molar-refractivity contribution in [2.45, 2.75) is 20.0 Å². The third-order valence-corrected chi connectivity index (χ3v) is 5.77. The van der Waals surface area contributed by atoms with Gasteiger partial charge in [-0.15, -0.1) is 0 Å². The van der Waals surface area contributed by atoms with Crippen molar-refractivity contribution in [1.82, 2.24) is 24.5 Å². The topological polar surface area (TPSA) is 70.2 Å². The first kappa shape index (κ1) is 24.5. The van der Waals surface area contributed by atoms with Crippen LogP contribution in [0, 0.1) is 6.92 Å². The molecule has 0 aliphatic heterocycles. The van der Waals surface area contributed by atoms with Crippen LogP contribution in [-0.4, -0.2) is 58.5 Å². The summed E-state index contributed by atoms with van der Waals surface area (Å²) in [5.41, 5.74) is 4.19. The van der Waals surface area contributed by atoms with Gasteiger partial charge in [-0.05, 0) is 38.1 Å². The number of anilines is 1. The number of nitrogens with zero attached hydrogens (tertiary/aromatic N) is 6. The van der Waals surface area contributed by atoms with Crippen molar-refractivity contribution in [2.24, 2.45) is 7.05 Å². The third-order valence-electron chi connectivity index (χ3n) is 5.77. The molecule has 3 heterocycles. The van der Waals surface area contributed by atoms with Crippen LogP contribution in [0.4, 0.5) is 18.9 Å². The number of hydrogen-bond acceptors (Lipinski definition) is 6. The Morgan fingerprint density at radius 1 is 1.09 bits per heavy atom. The molecule has 0 fully saturated rings. The highest BCUT2D eigenvalue weighted by Crippen LogP contribution is 2.38. The van der Waals surface area contributed by atoms with E-state index in [1.165, 1.54) is 18.0 Å². The van der Waals surface area contributed by atoms with Crippen molar-refractivity contribution in [1.29, 1.82) is 0 Å². The highest BCUT2D eigenvalue weighted by Gasteiger charge is 2.33. The average molecular weight is 489 g/mol. The number of aromatic nitrogens is 5. The smallest absolute Gasteiger partial charge is 0.435 e. The Morgan fingerprint density at radius 2 is 1.86 bits per heavy atom. The highest BCUT2D eigenvalue weighted by molar-refractivity contribution is 5.98. The summed E-state index contributed by atoms with van der Waals surface area (Å²) < 4.78 is 52.8. The number of hydrogen-bond donors (Lipinski definition) is 0. The van der Waals surface area contributed by atoms with Gasteiger partial charge in [0.2, 0.25) is 0 Å². The SMILES string of the molecule is CCN(CCOC)c1cc(C)nc2c(-c3ccc(-n4ccc(C(F)(F)F)n4)cc3OC)nn(C)c12. The Balaban J connectivity index is 1.83. The first-order valence-corrected chi connectivity index (χ1v) is 11.1. The number of rotatable bonds is 8. The molecule has 0 saturated carbocycles. The van der Waals surface area contributed by atoms with Crippen LogP contribution in [0.1, 0.15) is 18.3 Å². The second-order valence-corrected chi connectivity index (χ2v) is 8.05. The Bertz CT molecular complexity index is 1350. The van der Waals surface area contributed by atoms with Crippen molar-refractivity contribution in [3.05, 3.63) is 47.9 Å². The Kier molecular flexibility index (Phi) is 6.70. The standard InChI is InChI=1S/C24H27F3N6O2/c1-6-32(11-12-34-4)18-13-15(2)28-22-21(30-31(3)23(18)22)17-8-7-16(14-19(17)35-5)33-10-9-20(29-33)24(25,26)27/h7-10,13-14H,6,11-12H2,1-5H3. The molecule has 4 aromatic rings. The summed E-state index contributed by atoms with van der Waals surface area (Å²) in [6.45, 7) is 6.09. The summed E-state index contributed by atoms with van der Waals surface area (Å²) in [6, 6.07) is 8.04. The summed E-state index contributed by atoms with van der Waals surface area (Å²) in [5, 5.41) is 8.40. The van der Waals surface area contributed by atoms with E-state index in [2.05, 4.69) is 16.9 Å². The van der Waals surface area contributed by atoms with E-state index >= 15 is 0 Å². The van der Waals surface area contributed by atoms with Crippen LogP contribution < -0.4 is 9.64 Å². The van der Waals surface area contributed by atoms with E-state index in [0.717, 1.165) is 29.5 Å². The molecule has 0 aliphatic carbocycles. The quantitative estimate of drug-likeness (QED) is 0.360. The molecule has 186 valence electrons. The van der Waals surface area contributed by atoms with Gasteiger partial charge in [-0.1, -0.05) is 0 Å². The molecular weight excluding hydrogens is 461 g/mol. The molecule has 0 spiro atoms. The lowest BCUT2D eigenvalue weighted by molar-refractivity contribution is -0.141. The predicted molar refractivity (Wildman–Crippen MR) is 127 cm³/mol. The lowest BCUT2D eigenvalue weighted by Gasteiger charge is -2.24. The van der Waals surface area contributed by atoms with E-state index in [1.807, 2.05) is 20.0 Å². The molecule has 1 aromatic carbocycles. The van der Waals surface area contributed by atoms with Crippen LogP contribution in [0.25, 0.3) is 28.0 Å². The molecule has 0 radical (unpaired) electrons. The van der Waals surface area contributed by atoms with Gasteiger partial charge in [-0.3, -0.25) is 4.68 Å². The third kappa shape index (κ3) is 4.68. The van der Waals surface area contributed by atoms with Crippen LogP contribution in [0.5, 0.6) is 5.75 Å². The number of methoxy groups -OCH3 is 2. The predicted octanol–water partition coefficient (Wildman–Crippen LogP) is 4.63. The number of aryl methyl sites for hydroxylation is 2. The van der Waals surface area contributed by atoms with E-state index in [9.17, 15) is 13.2 Å². The fourth-order valence-electron chi connectivity index (χ4n) is 4.09. The molecule has 0 N–H and O–H groups in total. The molecule has 0 bridgehead atoms. The number of halogens is 3. The zero-order valence-corrected chi connectivity index (χ0v) is 20.2. The Hall–Kier alpha value is -3.60. The number of pyridine rings is 1. The minimum Gasteiger partial charge on any atom is -0.496 e. The van der Waals surface area contributed by atoms with Crippen molar-refractivity contribution in [3.8, 4) is 22.7 Å². The molecular formula is C24H27F3N6O2.